The molecule has 0 saturated heterocycles. The molecule has 0 radical (unpaired) electrons. The van der Waals surface area contributed by atoms with E-state index < -0.39 is 29.2 Å². The molecule has 0 N–H and O–H groups in total. The van der Waals surface area contributed by atoms with Gasteiger partial charge >= 0.3 is 5.97 Å². The number of carbonyl (C=O) groups excluding carboxylic acids is 2. The lowest BCUT2D eigenvalue weighted by Crippen LogP contribution is -2.29. The van der Waals surface area contributed by atoms with Crippen LogP contribution in [0.5, 0.6) is 11.5 Å². The number of aromatic nitrogens is 1. The summed E-state index contributed by atoms with van der Waals surface area (Å²) in [4.78, 5) is 46.0. The number of esters is 1. The number of nitrogens with zero attached hydrogens (tertiary/aromatic N) is 2. The summed E-state index contributed by atoms with van der Waals surface area (Å²) in [5.74, 6) is -1.06. The summed E-state index contributed by atoms with van der Waals surface area (Å²) in [6.07, 6.45) is 4.19. The highest BCUT2D eigenvalue weighted by molar-refractivity contribution is 7.17. The number of aryl methyl sites for hydroxylation is 1. The molecule has 3 heterocycles. The molecule has 4 aromatic rings. The number of carbonyl (C=O) groups is 2. The van der Waals surface area contributed by atoms with E-state index in [1.807, 2.05) is 0 Å². The van der Waals surface area contributed by atoms with Crippen LogP contribution < -0.4 is 19.8 Å². The fraction of sp³-hybridized carbons (Fsp3) is 0.333. The number of hydrogen-bond donors (Lipinski definition) is 0. The molecule has 0 bridgehead atoms. The molecule has 9 nitrogen and oxygen atoms in total. The lowest BCUT2D eigenvalue weighted by Gasteiger charge is -2.23. The molecule has 1 atom stereocenters. The molecule has 1 amide bonds. The minimum absolute atomic E-state index is 0.00738. The van der Waals surface area contributed by atoms with E-state index in [1.165, 1.54) is 25.2 Å². The van der Waals surface area contributed by atoms with Crippen LogP contribution in [0, 0.1) is 12.7 Å². The number of hydrogen-bond acceptors (Lipinski definition) is 9. The van der Waals surface area contributed by atoms with E-state index >= 15 is 0 Å². The molecule has 41 heavy (non-hydrogen) atoms. The van der Waals surface area contributed by atoms with Crippen LogP contribution >= 0.6 is 11.3 Å². The average molecular weight is 581 g/mol. The smallest absolute Gasteiger partial charge is 0.350 e. The Morgan fingerprint density at radius 1 is 1.10 bits per heavy atom. The molecule has 0 spiro atoms. The molecule has 1 unspecified atom stereocenters. The summed E-state index contributed by atoms with van der Waals surface area (Å²) in [7, 11) is 2.76. The van der Waals surface area contributed by atoms with Crippen molar-refractivity contribution in [3.05, 3.63) is 79.9 Å². The molecule has 0 fully saturated rings. The quantitative estimate of drug-likeness (QED) is 0.161. The monoisotopic (exact) mass is 580 g/mol. The second-order valence-corrected chi connectivity index (χ2v) is 10.6. The van der Waals surface area contributed by atoms with Crippen molar-refractivity contribution in [3.8, 4) is 11.5 Å². The molecular formula is C30H29FN2O7S. The van der Waals surface area contributed by atoms with Gasteiger partial charge in [-0.2, -0.15) is 0 Å². The van der Waals surface area contributed by atoms with Crippen LogP contribution in [0.15, 0.2) is 45.6 Å². The molecule has 214 valence electrons. The normalized spacial score (nSPS) is 14.4. The third-order valence-corrected chi connectivity index (χ3v) is 8.09. The van der Waals surface area contributed by atoms with Gasteiger partial charge in [-0.25, -0.2) is 14.2 Å². The zero-order chi connectivity index (χ0) is 29.3. The van der Waals surface area contributed by atoms with Crippen LogP contribution in [-0.4, -0.2) is 37.7 Å². The van der Waals surface area contributed by atoms with E-state index in [0.29, 0.717) is 29.4 Å². The molecule has 1 aliphatic rings. The first-order valence-electron chi connectivity index (χ1n) is 13.2. The molecule has 5 rings (SSSR count). The van der Waals surface area contributed by atoms with Gasteiger partial charge in [-0.3, -0.25) is 14.5 Å². The summed E-state index contributed by atoms with van der Waals surface area (Å²) in [6.45, 7) is 4.29. The van der Waals surface area contributed by atoms with Crippen molar-refractivity contribution in [1.82, 2.24) is 4.98 Å². The number of benzene rings is 2. The van der Waals surface area contributed by atoms with Gasteiger partial charge in [0.25, 0.3) is 5.91 Å². The summed E-state index contributed by atoms with van der Waals surface area (Å²) < 4.78 is 36.5. The van der Waals surface area contributed by atoms with E-state index in [1.54, 1.807) is 25.1 Å². The van der Waals surface area contributed by atoms with Gasteiger partial charge in [0.15, 0.2) is 22.1 Å². The number of halogens is 1. The SMILES string of the molecule is CCCCCCOc1ccc(C2c3c(oc4ccc(F)cc4c3=O)C(=O)N2c2nc(C)c(C(=O)OC)s2)cc1OC. The summed E-state index contributed by atoms with van der Waals surface area (Å²) >= 11 is 0.965. The van der Waals surface area contributed by atoms with Crippen molar-refractivity contribution >= 4 is 39.3 Å². The largest absolute Gasteiger partial charge is 0.493 e. The Labute approximate surface area is 239 Å². The maximum atomic E-state index is 14.1. The first kappa shape index (κ1) is 28.3. The predicted octanol–water partition coefficient (Wildman–Crippen LogP) is 6.20. The van der Waals surface area contributed by atoms with Gasteiger partial charge in [-0.1, -0.05) is 43.6 Å². The third-order valence-electron chi connectivity index (χ3n) is 6.95. The Bertz CT molecular complexity index is 1700. The Hall–Kier alpha value is -4.25. The Morgan fingerprint density at radius 2 is 1.90 bits per heavy atom. The zero-order valence-electron chi connectivity index (χ0n) is 23.1. The summed E-state index contributed by atoms with van der Waals surface area (Å²) in [6, 6.07) is 7.72. The van der Waals surface area contributed by atoms with Crippen molar-refractivity contribution in [2.45, 2.75) is 45.6 Å². The van der Waals surface area contributed by atoms with Crippen LogP contribution in [-0.2, 0) is 4.74 Å². The highest BCUT2D eigenvalue weighted by atomic mass is 32.1. The van der Waals surface area contributed by atoms with Crippen molar-refractivity contribution in [2.24, 2.45) is 0 Å². The van der Waals surface area contributed by atoms with Gasteiger partial charge in [-0.05, 0) is 49.2 Å². The van der Waals surface area contributed by atoms with Crippen LogP contribution in [0.2, 0.25) is 0 Å². The maximum Gasteiger partial charge on any atom is 0.350 e. The minimum atomic E-state index is -0.995. The standard InChI is InChI=1S/C30H29FN2O7S/c1-5-6-7-8-13-39-21-11-9-17(14-22(21)37-3)24-23-25(34)19-15-18(31)10-12-20(19)40-26(23)28(35)33(24)30-32-16(2)27(41-30)29(36)38-4/h9-12,14-15,24H,5-8,13H2,1-4H3. The van der Waals surface area contributed by atoms with Crippen molar-refractivity contribution in [3.63, 3.8) is 0 Å². The van der Waals surface area contributed by atoms with E-state index in [0.717, 1.165) is 49.2 Å². The van der Waals surface area contributed by atoms with Gasteiger partial charge in [0.2, 0.25) is 5.76 Å². The number of methoxy groups -OCH3 is 2. The summed E-state index contributed by atoms with van der Waals surface area (Å²) in [5.41, 5.74) is 0.464. The van der Waals surface area contributed by atoms with Crippen LogP contribution in [0.25, 0.3) is 11.0 Å². The highest BCUT2D eigenvalue weighted by Crippen LogP contribution is 2.45. The molecule has 2 aromatic carbocycles. The first-order chi connectivity index (χ1) is 19.8. The Balaban J connectivity index is 1.65. The lowest BCUT2D eigenvalue weighted by molar-refractivity contribution is 0.0605. The zero-order valence-corrected chi connectivity index (χ0v) is 23.9. The third kappa shape index (κ3) is 5.17. The molecule has 0 aliphatic carbocycles. The van der Waals surface area contributed by atoms with E-state index in [4.69, 9.17) is 18.6 Å². The predicted molar refractivity (Wildman–Crippen MR) is 152 cm³/mol. The molecular weight excluding hydrogens is 551 g/mol. The van der Waals surface area contributed by atoms with Crippen molar-refractivity contribution < 1.29 is 32.6 Å². The summed E-state index contributed by atoms with van der Waals surface area (Å²) in [5, 5.41) is 0.183. The topological polar surface area (TPSA) is 108 Å². The van der Waals surface area contributed by atoms with Crippen molar-refractivity contribution in [2.75, 3.05) is 25.7 Å². The number of anilines is 1. The van der Waals surface area contributed by atoms with Crippen molar-refractivity contribution in [1.29, 1.82) is 0 Å². The number of thiazole rings is 1. The number of amides is 1. The molecule has 11 heteroatoms. The van der Waals surface area contributed by atoms with Gasteiger partial charge in [0, 0.05) is 0 Å². The van der Waals surface area contributed by atoms with Crippen LogP contribution in [0.4, 0.5) is 9.52 Å². The highest BCUT2D eigenvalue weighted by Gasteiger charge is 2.45. The van der Waals surface area contributed by atoms with Gasteiger partial charge in [0.1, 0.15) is 16.3 Å². The van der Waals surface area contributed by atoms with Crippen LogP contribution in [0.1, 0.15) is 75.7 Å². The number of ether oxygens (including phenoxy) is 3. The average Bonchev–Trinajstić information content (AvgIpc) is 3.50. The van der Waals surface area contributed by atoms with Crippen LogP contribution in [0.3, 0.4) is 0 Å². The minimum Gasteiger partial charge on any atom is -0.493 e. The van der Waals surface area contributed by atoms with Gasteiger partial charge in [0.05, 0.1) is 43.5 Å². The Morgan fingerprint density at radius 3 is 2.63 bits per heavy atom. The van der Waals surface area contributed by atoms with E-state index in [-0.39, 0.29) is 32.3 Å². The number of fused-ring (bicyclic) bond motifs is 2. The fourth-order valence-corrected chi connectivity index (χ4v) is 5.92. The second-order valence-electron chi connectivity index (χ2n) is 9.61. The van der Waals surface area contributed by atoms with Gasteiger partial charge < -0.3 is 18.6 Å². The molecule has 2 aromatic heterocycles. The van der Waals surface area contributed by atoms with E-state index in [2.05, 4.69) is 11.9 Å². The van der Waals surface area contributed by atoms with E-state index in [9.17, 15) is 18.8 Å². The molecule has 1 aliphatic heterocycles. The van der Waals surface area contributed by atoms with Gasteiger partial charge in [-0.15, -0.1) is 0 Å². The number of unbranched alkanes of at least 4 members (excludes halogenated alkanes) is 3. The second kappa shape index (κ2) is 11.7. The lowest BCUT2D eigenvalue weighted by atomic mass is 9.98. The fourth-order valence-electron chi connectivity index (χ4n) is 4.91. The number of rotatable bonds is 10. The maximum absolute atomic E-state index is 14.1. The molecule has 0 saturated carbocycles. The first-order valence-corrected chi connectivity index (χ1v) is 14.1. The Kier molecular flexibility index (Phi) is 8.07.